The molecule has 166 valence electrons. The van der Waals surface area contributed by atoms with Crippen LogP contribution in [0.4, 0.5) is 0 Å². The van der Waals surface area contributed by atoms with Gasteiger partial charge in [0.05, 0.1) is 4.90 Å². The van der Waals surface area contributed by atoms with Gasteiger partial charge in [0.25, 0.3) is 0 Å². The van der Waals surface area contributed by atoms with Gasteiger partial charge in [0.2, 0.25) is 0 Å². The predicted octanol–water partition coefficient (Wildman–Crippen LogP) is 5.40. The molecule has 0 saturated carbocycles. The van der Waals surface area contributed by atoms with Crippen molar-refractivity contribution in [3.05, 3.63) is 101 Å². The fourth-order valence-electron chi connectivity index (χ4n) is 3.52. The zero-order valence-corrected chi connectivity index (χ0v) is 19.7. The molecule has 0 radical (unpaired) electrons. The van der Waals surface area contributed by atoms with Gasteiger partial charge < -0.3 is 5.32 Å². The summed E-state index contributed by atoms with van der Waals surface area (Å²) in [6, 6.07) is 24.6. The Labute approximate surface area is 190 Å². The molecule has 3 rings (SSSR count). The van der Waals surface area contributed by atoms with Gasteiger partial charge in [0.15, 0.2) is 15.6 Å². The number of hydrogen-bond acceptors (Lipinski definition) is 4. The van der Waals surface area contributed by atoms with Crippen molar-refractivity contribution in [3.63, 3.8) is 0 Å². The Morgan fingerprint density at radius 3 is 2.12 bits per heavy atom. The van der Waals surface area contributed by atoms with Crippen LogP contribution >= 0.6 is 0 Å². The van der Waals surface area contributed by atoms with E-state index >= 15 is 0 Å². The van der Waals surface area contributed by atoms with Crippen LogP contribution in [0.15, 0.2) is 83.8 Å². The first-order valence-electron chi connectivity index (χ1n) is 10.5. The third-order valence-corrected chi connectivity index (χ3v) is 6.58. The maximum absolute atomic E-state index is 12.0. The highest BCUT2D eigenvalue weighted by molar-refractivity contribution is 7.90. The molecule has 0 aliphatic heterocycles. The van der Waals surface area contributed by atoms with Crippen molar-refractivity contribution < 1.29 is 13.2 Å². The zero-order chi connectivity index (χ0) is 23.4. The standard InChI is InChI=1S/C27H29NO3S/c1-20(29)23-11-8-12-24(18-23)26(17-21-13-15-25(16-14-21)32(4,30)31)27(2,3)28-19-22-9-6-5-7-10-22/h5-18,28H,19H2,1-4H3/b26-17-. The molecular formula is C27H29NO3S. The van der Waals surface area contributed by atoms with Gasteiger partial charge in [0, 0.05) is 23.9 Å². The van der Waals surface area contributed by atoms with Crippen molar-refractivity contribution in [1.82, 2.24) is 5.32 Å². The molecule has 0 amide bonds. The lowest BCUT2D eigenvalue weighted by Crippen LogP contribution is -2.39. The highest BCUT2D eigenvalue weighted by Gasteiger charge is 2.24. The summed E-state index contributed by atoms with van der Waals surface area (Å²) in [6.45, 7) is 6.45. The number of benzene rings is 3. The topological polar surface area (TPSA) is 63.2 Å². The number of ketones is 1. The van der Waals surface area contributed by atoms with Crippen LogP contribution < -0.4 is 5.32 Å². The molecule has 3 aromatic carbocycles. The molecule has 0 aromatic heterocycles. The minimum Gasteiger partial charge on any atom is -0.304 e. The Balaban J connectivity index is 2.03. The molecule has 0 unspecified atom stereocenters. The second-order valence-corrected chi connectivity index (χ2v) is 10.5. The number of nitrogens with one attached hydrogen (secondary N) is 1. The molecule has 0 aliphatic rings. The van der Waals surface area contributed by atoms with Crippen molar-refractivity contribution in [3.8, 4) is 0 Å². The second kappa shape index (κ2) is 9.63. The molecule has 0 aliphatic carbocycles. The predicted molar refractivity (Wildman–Crippen MR) is 131 cm³/mol. The molecule has 1 N–H and O–H groups in total. The summed E-state index contributed by atoms with van der Waals surface area (Å²) in [6.07, 6.45) is 3.25. The average molecular weight is 448 g/mol. The SMILES string of the molecule is CC(=O)c1cccc(/C(=C/c2ccc(S(C)(=O)=O)cc2)C(C)(C)NCc2ccccc2)c1. The van der Waals surface area contributed by atoms with Crippen LogP contribution in [0, 0.1) is 0 Å². The maximum Gasteiger partial charge on any atom is 0.175 e. The van der Waals surface area contributed by atoms with Crippen LogP contribution in [-0.4, -0.2) is 26.0 Å². The maximum atomic E-state index is 12.0. The van der Waals surface area contributed by atoms with Gasteiger partial charge in [-0.1, -0.05) is 60.7 Å². The molecule has 5 heteroatoms. The van der Waals surface area contributed by atoms with E-state index in [1.54, 1.807) is 31.2 Å². The summed E-state index contributed by atoms with van der Waals surface area (Å²) in [4.78, 5) is 12.3. The Morgan fingerprint density at radius 2 is 1.53 bits per heavy atom. The van der Waals surface area contributed by atoms with Crippen molar-refractivity contribution in [1.29, 1.82) is 0 Å². The highest BCUT2D eigenvalue weighted by Crippen LogP contribution is 2.31. The fraction of sp³-hybridized carbons (Fsp3) is 0.222. The molecular weight excluding hydrogens is 418 g/mol. The van der Waals surface area contributed by atoms with Crippen LogP contribution in [0.25, 0.3) is 11.6 Å². The van der Waals surface area contributed by atoms with E-state index in [9.17, 15) is 13.2 Å². The minimum atomic E-state index is -3.25. The minimum absolute atomic E-state index is 0.0127. The summed E-state index contributed by atoms with van der Waals surface area (Å²) in [7, 11) is -3.25. The van der Waals surface area contributed by atoms with Crippen molar-refractivity contribution in [2.45, 2.75) is 37.8 Å². The van der Waals surface area contributed by atoms with E-state index < -0.39 is 15.4 Å². The van der Waals surface area contributed by atoms with Gasteiger partial charge >= 0.3 is 0 Å². The van der Waals surface area contributed by atoms with Crippen molar-refractivity contribution in [2.75, 3.05) is 6.26 Å². The summed E-state index contributed by atoms with van der Waals surface area (Å²) >= 11 is 0. The van der Waals surface area contributed by atoms with E-state index in [2.05, 4.69) is 31.3 Å². The van der Waals surface area contributed by atoms with Gasteiger partial charge in [-0.2, -0.15) is 0 Å². The van der Waals surface area contributed by atoms with Crippen molar-refractivity contribution in [2.24, 2.45) is 0 Å². The highest BCUT2D eigenvalue weighted by atomic mass is 32.2. The average Bonchev–Trinajstić information content (AvgIpc) is 2.76. The van der Waals surface area contributed by atoms with Gasteiger partial charge in [-0.15, -0.1) is 0 Å². The van der Waals surface area contributed by atoms with E-state index in [1.807, 2.05) is 48.5 Å². The molecule has 4 nitrogen and oxygen atoms in total. The molecule has 0 atom stereocenters. The largest absolute Gasteiger partial charge is 0.304 e. The van der Waals surface area contributed by atoms with Gasteiger partial charge in [-0.05, 0) is 67.3 Å². The number of hydrogen-bond donors (Lipinski definition) is 1. The number of sulfone groups is 1. The fourth-order valence-corrected chi connectivity index (χ4v) is 4.15. The van der Waals surface area contributed by atoms with E-state index in [-0.39, 0.29) is 10.7 Å². The molecule has 32 heavy (non-hydrogen) atoms. The van der Waals surface area contributed by atoms with Crippen LogP contribution in [0.2, 0.25) is 0 Å². The summed E-state index contributed by atoms with van der Waals surface area (Å²) in [5.41, 5.74) is 4.23. The van der Waals surface area contributed by atoms with Crippen molar-refractivity contribution >= 4 is 27.3 Å². The lowest BCUT2D eigenvalue weighted by molar-refractivity contribution is 0.101. The first-order valence-corrected chi connectivity index (χ1v) is 12.4. The lowest BCUT2D eigenvalue weighted by Gasteiger charge is -2.31. The third kappa shape index (κ3) is 6.02. The van der Waals surface area contributed by atoms with Crippen LogP contribution in [0.1, 0.15) is 47.8 Å². The van der Waals surface area contributed by atoms with E-state index in [4.69, 9.17) is 0 Å². The number of Topliss-reactive ketones (excluding diaryl/α,β-unsaturated/α-hetero) is 1. The first-order chi connectivity index (χ1) is 15.1. The number of carbonyl (C=O) groups is 1. The molecule has 0 spiro atoms. The first kappa shape index (κ1) is 23.6. The smallest absolute Gasteiger partial charge is 0.175 e. The molecule has 0 heterocycles. The van der Waals surface area contributed by atoms with Crippen LogP contribution in [0.3, 0.4) is 0 Å². The molecule has 0 saturated heterocycles. The number of carbonyl (C=O) groups excluding carboxylic acids is 1. The van der Waals surface area contributed by atoms with Gasteiger partial charge in [-0.25, -0.2) is 8.42 Å². The quantitative estimate of drug-likeness (QED) is 0.371. The van der Waals surface area contributed by atoms with Gasteiger partial charge in [-0.3, -0.25) is 4.79 Å². The summed E-state index contributed by atoms with van der Waals surface area (Å²) < 4.78 is 23.6. The lowest BCUT2D eigenvalue weighted by atomic mass is 9.85. The summed E-state index contributed by atoms with van der Waals surface area (Å²) in [5.74, 6) is 0.0127. The van der Waals surface area contributed by atoms with E-state index in [0.717, 1.165) is 16.7 Å². The van der Waals surface area contributed by atoms with E-state index in [1.165, 1.54) is 11.8 Å². The van der Waals surface area contributed by atoms with Crippen LogP contribution in [-0.2, 0) is 16.4 Å². The molecule has 0 bridgehead atoms. The Kier molecular flexibility index (Phi) is 7.12. The Hall–Kier alpha value is -3.02. The zero-order valence-electron chi connectivity index (χ0n) is 18.9. The van der Waals surface area contributed by atoms with Crippen LogP contribution in [0.5, 0.6) is 0 Å². The molecule has 3 aromatic rings. The second-order valence-electron chi connectivity index (χ2n) is 8.50. The summed E-state index contributed by atoms with van der Waals surface area (Å²) in [5, 5.41) is 3.63. The Morgan fingerprint density at radius 1 is 0.906 bits per heavy atom. The number of rotatable bonds is 8. The van der Waals surface area contributed by atoms with Gasteiger partial charge in [0.1, 0.15) is 0 Å². The monoisotopic (exact) mass is 447 g/mol. The third-order valence-electron chi connectivity index (χ3n) is 5.45. The molecule has 0 fully saturated rings. The van der Waals surface area contributed by atoms with E-state index in [0.29, 0.717) is 12.1 Å². The Bertz CT molecular complexity index is 1230. The normalized spacial score (nSPS) is 12.6.